The van der Waals surface area contributed by atoms with E-state index in [-0.39, 0.29) is 6.04 Å². The third-order valence-electron chi connectivity index (χ3n) is 3.57. The fourth-order valence-corrected chi connectivity index (χ4v) is 2.39. The summed E-state index contributed by atoms with van der Waals surface area (Å²) in [5, 5.41) is 3.35. The van der Waals surface area contributed by atoms with E-state index < -0.39 is 0 Å². The molecule has 112 valence electrons. The normalized spacial score (nSPS) is 12.0. The molecule has 0 aliphatic carbocycles. The Morgan fingerprint density at radius 1 is 1.10 bits per heavy atom. The molecule has 4 heteroatoms. The summed E-state index contributed by atoms with van der Waals surface area (Å²) in [5.74, 6) is 1.51. The van der Waals surface area contributed by atoms with Gasteiger partial charge >= 0.3 is 0 Å². The highest BCUT2D eigenvalue weighted by Crippen LogP contribution is 2.31. The van der Waals surface area contributed by atoms with Crippen LogP contribution >= 0.6 is 0 Å². The highest BCUT2D eigenvalue weighted by Gasteiger charge is 2.13. The van der Waals surface area contributed by atoms with Crippen LogP contribution in [0.1, 0.15) is 23.7 Å². The van der Waals surface area contributed by atoms with E-state index in [1.54, 1.807) is 14.2 Å². The van der Waals surface area contributed by atoms with Gasteiger partial charge in [-0.15, -0.1) is 0 Å². The van der Waals surface area contributed by atoms with Crippen molar-refractivity contribution in [2.45, 2.75) is 18.9 Å². The minimum Gasteiger partial charge on any atom is -0.493 e. The Hall–Kier alpha value is -2.07. The lowest BCUT2D eigenvalue weighted by Crippen LogP contribution is -2.17. The lowest BCUT2D eigenvalue weighted by molar-refractivity contribution is 0.353. The van der Waals surface area contributed by atoms with Crippen LogP contribution in [0.15, 0.2) is 42.6 Å². The average molecular weight is 286 g/mol. The molecule has 4 nitrogen and oxygen atoms in total. The van der Waals surface area contributed by atoms with Crippen LogP contribution in [0.4, 0.5) is 0 Å². The molecule has 2 aromatic rings. The second kappa shape index (κ2) is 7.64. The molecule has 1 heterocycles. The van der Waals surface area contributed by atoms with Crippen LogP contribution in [0.3, 0.4) is 0 Å². The van der Waals surface area contributed by atoms with Crippen molar-refractivity contribution in [3.63, 3.8) is 0 Å². The number of nitrogens with one attached hydrogen (secondary N) is 1. The summed E-state index contributed by atoms with van der Waals surface area (Å²) in [5.41, 5.74) is 2.30. The zero-order chi connectivity index (χ0) is 15.1. The highest BCUT2D eigenvalue weighted by molar-refractivity contribution is 5.43. The van der Waals surface area contributed by atoms with E-state index >= 15 is 0 Å². The van der Waals surface area contributed by atoms with Crippen molar-refractivity contribution in [1.82, 2.24) is 10.3 Å². The van der Waals surface area contributed by atoms with Gasteiger partial charge in [0.15, 0.2) is 11.5 Å². The minimum atomic E-state index is 0.256. The van der Waals surface area contributed by atoms with Gasteiger partial charge in [0.25, 0.3) is 0 Å². The number of aryl methyl sites for hydroxylation is 1. The smallest absolute Gasteiger partial charge is 0.161 e. The number of aromatic nitrogens is 1. The van der Waals surface area contributed by atoms with E-state index in [9.17, 15) is 0 Å². The Kier molecular flexibility index (Phi) is 5.58. The molecule has 0 saturated heterocycles. The van der Waals surface area contributed by atoms with Crippen molar-refractivity contribution in [3.8, 4) is 11.5 Å². The van der Waals surface area contributed by atoms with Crippen LogP contribution in [-0.4, -0.2) is 26.3 Å². The molecule has 21 heavy (non-hydrogen) atoms. The summed E-state index contributed by atoms with van der Waals surface area (Å²) in [7, 11) is 5.28. The van der Waals surface area contributed by atoms with Crippen LogP contribution in [-0.2, 0) is 6.42 Å². The van der Waals surface area contributed by atoms with Gasteiger partial charge in [-0.25, -0.2) is 0 Å². The maximum absolute atomic E-state index is 5.37. The number of methoxy groups -OCH3 is 2. The summed E-state index contributed by atoms with van der Waals surface area (Å²) >= 11 is 0. The van der Waals surface area contributed by atoms with Crippen LogP contribution in [0.5, 0.6) is 11.5 Å². The number of hydrogen-bond donors (Lipinski definition) is 1. The second-order valence-corrected chi connectivity index (χ2v) is 4.82. The molecule has 1 N–H and O–H groups in total. The van der Waals surface area contributed by atoms with Gasteiger partial charge < -0.3 is 14.8 Å². The Morgan fingerprint density at radius 2 is 1.90 bits per heavy atom. The Balaban J connectivity index is 2.10. The molecule has 1 unspecified atom stereocenters. The lowest BCUT2D eigenvalue weighted by atomic mass is 10.0. The molecule has 1 atom stereocenters. The molecule has 0 aliphatic rings. The molecule has 0 fully saturated rings. The van der Waals surface area contributed by atoms with Gasteiger partial charge in [-0.2, -0.15) is 0 Å². The quantitative estimate of drug-likeness (QED) is 0.849. The maximum Gasteiger partial charge on any atom is 0.161 e. The number of pyridine rings is 1. The Bertz CT molecular complexity index is 558. The number of benzene rings is 1. The summed E-state index contributed by atoms with van der Waals surface area (Å²) in [6, 6.07) is 12.3. The lowest BCUT2D eigenvalue weighted by Gasteiger charge is -2.18. The van der Waals surface area contributed by atoms with Crippen molar-refractivity contribution >= 4 is 0 Å². The molecule has 2 rings (SSSR count). The molecule has 0 radical (unpaired) electrons. The monoisotopic (exact) mass is 286 g/mol. The van der Waals surface area contributed by atoms with E-state index in [0.29, 0.717) is 0 Å². The predicted octanol–water partition coefficient (Wildman–Crippen LogP) is 2.99. The van der Waals surface area contributed by atoms with E-state index in [2.05, 4.69) is 22.4 Å². The molecule has 0 amide bonds. The van der Waals surface area contributed by atoms with Crippen LogP contribution < -0.4 is 14.8 Å². The van der Waals surface area contributed by atoms with Crippen LogP contribution in [0.25, 0.3) is 0 Å². The van der Waals surface area contributed by atoms with Crippen molar-refractivity contribution in [3.05, 3.63) is 53.9 Å². The zero-order valence-electron chi connectivity index (χ0n) is 12.8. The van der Waals surface area contributed by atoms with Gasteiger partial charge in [-0.05, 0) is 49.7 Å². The fraction of sp³-hybridized carbons (Fsp3) is 0.353. The largest absolute Gasteiger partial charge is 0.493 e. The topological polar surface area (TPSA) is 43.4 Å². The third-order valence-corrected chi connectivity index (χ3v) is 3.57. The number of hydrogen-bond acceptors (Lipinski definition) is 4. The average Bonchev–Trinajstić information content (AvgIpc) is 2.56. The third kappa shape index (κ3) is 3.95. The first-order chi connectivity index (χ1) is 10.3. The summed E-state index contributed by atoms with van der Waals surface area (Å²) in [6.45, 7) is 0. The van der Waals surface area contributed by atoms with Crippen molar-refractivity contribution in [2.24, 2.45) is 0 Å². The van der Waals surface area contributed by atoms with Gasteiger partial charge in [0.05, 0.1) is 14.2 Å². The van der Waals surface area contributed by atoms with Gasteiger partial charge in [0, 0.05) is 17.9 Å². The van der Waals surface area contributed by atoms with E-state index in [4.69, 9.17) is 9.47 Å². The van der Waals surface area contributed by atoms with Gasteiger partial charge in [-0.1, -0.05) is 12.1 Å². The van der Waals surface area contributed by atoms with E-state index in [0.717, 1.165) is 30.0 Å². The van der Waals surface area contributed by atoms with Crippen LogP contribution in [0.2, 0.25) is 0 Å². The maximum atomic E-state index is 5.37. The number of rotatable bonds is 7. The fourth-order valence-electron chi connectivity index (χ4n) is 2.39. The van der Waals surface area contributed by atoms with Crippen molar-refractivity contribution < 1.29 is 9.47 Å². The molecular formula is C17H22N2O2. The van der Waals surface area contributed by atoms with Crippen molar-refractivity contribution in [1.29, 1.82) is 0 Å². The standard InChI is InChI=1S/C17H22N2O2/c1-18-15(9-8-14-6-4-5-11-19-14)13-7-10-16(20-2)17(12-13)21-3/h4-7,10-12,15,18H,8-9H2,1-3H3. The van der Waals surface area contributed by atoms with Gasteiger partial charge in [0.1, 0.15) is 0 Å². The first-order valence-electron chi connectivity index (χ1n) is 7.07. The summed E-state index contributed by atoms with van der Waals surface area (Å²) in [6.07, 6.45) is 3.74. The Labute approximate surface area is 126 Å². The molecule has 0 spiro atoms. The zero-order valence-corrected chi connectivity index (χ0v) is 12.8. The molecule has 0 aliphatic heterocycles. The predicted molar refractivity (Wildman–Crippen MR) is 83.9 cm³/mol. The summed E-state index contributed by atoms with van der Waals surface area (Å²) < 4.78 is 10.6. The number of ether oxygens (including phenoxy) is 2. The van der Waals surface area contributed by atoms with Crippen molar-refractivity contribution in [2.75, 3.05) is 21.3 Å². The molecule has 1 aromatic carbocycles. The minimum absolute atomic E-state index is 0.256. The second-order valence-electron chi connectivity index (χ2n) is 4.82. The number of nitrogens with zero attached hydrogens (tertiary/aromatic N) is 1. The van der Waals surface area contributed by atoms with Crippen LogP contribution in [0, 0.1) is 0 Å². The first kappa shape index (κ1) is 15.3. The van der Waals surface area contributed by atoms with Gasteiger partial charge in [0.2, 0.25) is 0 Å². The Morgan fingerprint density at radius 3 is 2.52 bits per heavy atom. The first-order valence-corrected chi connectivity index (χ1v) is 7.07. The summed E-state index contributed by atoms with van der Waals surface area (Å²) in [4.78, 5) is 4.37. The molecule has 0 bridgehead atoms. The molecule has 1 aromatic heterocycles. The highest BCUT2D eigenvalue weighted by atomic mass is 16.5. The SMILES string of the molecule is CNC(CCc1ccccn1)c1ccc(OC)c(OC)c1. The molecular weight excluding hydrogens is 264 g/mol. The molecule has 0 saturated carbocycles. The van der Waals surface area contributed by atoms with E-state index in [1.807, 2.05) is 37.5 Å². The van der Waals surface area contributed by atoms with Gasteiger partial charge in [-0.3, -0.25) is 4.98 Å². The van der Waals surface area contributed by atoms with E-state index in [1.165, 1.54) is 5.56 Å².